The summed E-state index contributed by atoms with van der Waals surface area (Å²) in [5.74, 6) is -0.153. The smallest absolute Gasteiger partial charge is 0.268 e. The van der Waals surface area contributed by atoms with Crippen LogP contribution < -0.4 is 10.6 Å². The second kappa shape index (κ2) is 8.31. The average molecular weight is 329 g/mol. The Morgan fingerprint density at radius 2 is 1.86 bits per heavy atom. The quantitative estimate of drug-likeness (QED) is 0.702. The summed E-state index contributed by atoms with van der Waals surface area (Å²) in [5, 5.41) is 6.22. The van der Waals surface area contributed by atoms with E-state index in [-0.39, 0.29) is 24.1 Å². The largest absolute Gasteiger partial charge is 0.354 e. The number of aromatic amines is 1. The van der Waals surface area contributed by atoms with Crippen LogP contribution in [-0.2, 0) is 0 Å². The van der Waals surface area contributed by atoms with Crippen LogP contribution in [0, 0.1) is 13.8 Å². The van der Waals surface area contributed by atoms with E-state index >= 15 is 0 Å². The Bertz CT molecular complexity index is 536. The Morgan fingerprint density at radius 3 is 2.41 bits per heavy atom. The van der Waals surface area contributed by atoms with Crippen molar-refractivity contribution in [3.8, 4) is 0 Å². The zero-order chi connectivity index (χ0) is 15.4. The van der Waals surface area contributed by atoms with Crippen molar-refractivity contribution in [3.63, 3.8) is 0 Å². The van der Waals surface area contributed by atoms with Crippen LogP contribution in [0.25, 0.3) is 0 Å². The summed E-state index contributed by atoms with van der Waals surface area (Å²) in [7, 11) is 0. The van der Waals surface area contributed by atoms with Crippen molar-refractivity contribution in [3.05, 3.63) is 22.5 Å². The third-order valence-corrected chi connectivity index (χ3v) is 3.94. The highest BCUT2D eigenvalue weighted by atomic mass is 35.5. The van der Waals surface area contributed by atoms with Crippen LogP contribution in [0.4, 0.5) is 0 Å². The first-order valence-electron chi connectivity index (χ1n) is 7.42. The first-order valence-corrected chi connectivity index (χ1v) is 7.42. The summed E-state index contributed by atoms with van der Waals surface area (Å²) in [5.41, 5.74) is 2.62. The van der Waals surface area contributed by atoms with Gasteiger partial charge in [-0.05, 0) is 26.3 Å². The Hall–Kier alpha value is -1.37. The number of ketones is 1. The molecule has 0 radical (unpaired) electrons. The Morgan fingerprint density at radius 1 is 1.23 bits per heavy atom. The molecule has 0 bridgehead atoms. The number of rotatable bonds is 5. The van der Waals surface area contributed by atoms with Crippen molar-refractivity contribution in [1.29, 1.82) is 0 Å². The molecule has 7 heteroatoms. The lowest BCUT2D eigenvalue weighted by atomic mass is 10.1. The van der Waals surface area contributed by atoms with E-state index in [9.17, 15) is 9.59 Å². The Labute approximate surface area is 137 Å². The number of hydrogen-bond acceptors (Lipinski definition) is 4. The van der Waals surface area contributed by atoms with E-state index in [1.54, 1.807) is 0 Å². The minimum absolute atomic E-state index is 0. The summed E-state index contributed by atoms with van der Waals surface area (Å²) in [4.78, 5) is 29.1. The molecule has 6 nitrogen and oxygen atoms in total. The molecule has 22 heavy (non-hydrogen) atoms. The van der Waals surface area contributed by atoms with Gasteiger partial charge in [-0.1, -0.05) is 0 Å². The second-order valence-corrected chi connectivity index (χ2v) is 5.53. The first kappa shape index (κ1) is 18.7. The zero-order valence-corrected chi connectivity index (χ0v) is 14.2. The van der Waals surface area contributed by atoms with Gasteiger partial charge in [0.1, 0.15) is 5.69 Å². The molecule has 3 N–H and O–H groups in total. The number of piperazine rings is 1. The normalized spacial score (nSPS) is 15.2. The van der Waals surface area contributed by atoms with Gasteiger partial charge in [0.05, 0.1) is 0 Å². The maximum absolute atomic E-state index is 12.2. The minimum atomic E-state index is -0.141. The van der Waals surface area contributed by atoms with Gasteiger partial charge in [0.15, 0.2) is 5.78 Å². The lowest BCUT2D eigenvalue weighted by Gasteiger charge is -2.27. The van der Waals surface area contributed by atoms with E-state index in [2.05, 4.69) is 20.5 Å². The van der Waals surface area contributed by atoms with Crippen LogP contribution in [-0.4, -0.2) is 60.8 Å². The molecule has 1 fully saturated rings. The van der Waals surface area contributed by atoms with Crippen LogP contribution in [0.2, 0.25) is 0 Å². The third-order valence-electron chi connectivity index (χ3n) is 3.94. The van der Waals surface area contributed by atoms with Gasteiger partial charge in [-0.3, -0.25) is 14.5 Å². The van der Waals surface area contributed by atoms with Crippen molar-refractivity contribution in [2.75, 3.05) is 39.3 Å². The number of aryl methyl sites for hydroxylation is 1. The molecule has 1 saturated heterocycles. The van der Waals surface area contributed by atoms with E-state index in [4.69, 9.17) is 0 Å². The number of Topliss-reactive ketones (excluding diaryl/α,β-unsaturated/α-hetero) is 1. The maximum atomic E-state index is 12.2. The van der Waals surface area contributed by atoms with Crippen LogP contribution >= 0.6 is 12.4 Å². The molecule has 1 aliphatic heterocycles. The van der Waals surface area contributed by atoms with Gasteiger partial charge in [-0.25, -0.2) is 0 Å². The molecular formula is C15H25ClN4O2. The number of amides is 1. The highest BCUT2D eigenvalue weighted by Crippen LogP contribution is 2.18. The fourth-order valence-corrected chi connectivity index (χ4v) is 2.86. The molecule has 0 saturated carbocycles. The van der Waals surface area contributed by atoms with Crippen LogP contribution in [0.1, 0.15) is 39.0 Å². The Kier molecular flexibility index (Phi) is 7.06. The van der Waals surface area contributed by atoms with Crippen LogP contribution in [0.15, 0.2) is 0 Å². The summed E-state index contributed by atoms with van der Waals surface area (Å²) in [6, 6.07) is 0. The fourth-order valence-electron chi connectivity index (χ4n) is 2.86. The van der Waals surface area contributed by atoms with Crippen LogP contribution in [0.3, 0.4) is 0 Å². The van der Waals surface area contributed by atoms with E-state index in [1.165, 1.54) is 6.92 Å². The highest BCUT2D eigenvalue weighted by molar-refractivity contribution is 6.02. The standard InChI is InChI=1S/C15H24N4O2.ClH/c1-10-13(12(3)20)11(2)18-14(10)15(21)17-6-9-19-7-4-16-5-8-19;/h16,18H,4-9H2,1-3H3,(H,17,21);1H. The predicted octanol–water partition coefficient (Wildman–Crippen LogP) is 0.891. The summed E-state index contributed by atoms with van der Waals surface area (Å²) in [6.07, 6.45) is 0. The van der Waals surface area contributed by atoms with Gasteiger partial charge in [-0.15, -0.1) is 12.4 Å². The average Bonchev–Trinajstić information content (AvgIpc) is 2.75. The van der Waals surface area contributed by atoms with Crippen molar-refractivity contribution in [2.45, 2.75) is 20.8 Å². The molecule has 2 heterocycles. The molecule has 1 amide bonds. The zero-order valence-electron chi connectivity index (χ0n) is 13.4. The summed E-state index contributed by atoms with van der Waals surface area (Å²) < 4.78 is 0. The van der Waals surface area contributed by atoms with Crippen molar-refractivity contribution in [1.82, 2.24) is 20.5 Å². The lowest BCUT2D eigenvalue weighted by Crippen LogP contribution is -2.46. The lowest BCUT2D eigenvalue weighted by molar-refractivity contribution is 0.0942. The highest BCUT2D eigenvalue weighted by Gasteiger charge is 2.19. The molecule has 1 aliphatic rings. The van der Waals surface area contributed by atoms with E-state index < -0.39 is 0 Å². The number of nitrogens with one attached hydrogen (secondary N) is 3. The molecule has 2 rings (SSSR count). The number of carbonyl (C=O) groups excluding carboxylic acids is 2. The van der Waals surface area contributed by atoms with E-state index in [1.807, 2.05) is 13.8 Å². The SMILES string of the molecule is CC(=O)c1c(C)[nH]c(C(=O)NCCN2CCNCC2)c1C.Cl. The van der Waals surface area contributed by atoms with Gasteiger partial charge in [0.2, 0.25) is 0 Å². The van der Waals surface area contributed by atoms with E-state index in [0.29, 0.717) is 17.8 Å². The van der Waals surface area contributed by atoms with Gasteiger partial charge < -0.3 is 15.6 Å². The van der Waals surface area contributed by atoms with Gasteiger partial charge in [0.25, 0.3) is 5.91 Å². The topological polar surface area (TPSA) is 77.2 Å². The Balaban J connectivity index is 0.00000242. The molecule has 1 aromatic heterocycles. The molecule has 0 atom stereocenters. The molecular weight excluding hydrogens is 304 g/mol. The fraction of sp³-hybridized carbons (Fsp3) is 0.600. The second-order valence-electron chi connectivity index (χ2n) is 5.53. The molecule has 0 unspecified atom stereocenters. The molecule has 0 aromatic carbocycles. The van der Waals surface area contributed by atoms with E-state index in [0.717, 1.165) is 44.0 Å². The number of hydrogen-bond donors (Lipinski definition) is 3. The number of carbonyl (C=O) groups is 2. The van der Waals surface area contributed by atoms with Gasteiger partial charge in [0, 0.05) is 50.5 Å². The van der Waals surface area contributed by atoms with Gasteiger partial charge in [-0.2, -0.15) is 0 Å². The molecule has 1 aromatic rings. The van der Waals surface area contributed by atoms with Crippen LogP contribution in [0.5, 0.6) is 0 Å². The molecule has 0 aliphatic carbocycles. The monoisotopic (exact) mass is 328 g/mol. The summed E-state index contributed by atoms with van der Waals surface area (Å²) >= 11 is 0. The van der Waals surface area contributed by atoms with Gasteiger partial charge >= 0.3 is 0 Å². The molecule has 124 valence electrons. The number of H-pyrrole nitrogens is 1. The predicted molar refractivity (Wildman–Crippen MR) is 89.2 cm³/mol. The molecule has 0 spiro atoms. The van der Waals surface area contributed by atoms with Crippen molar-refractivity contribution < 1.29 is 9.59 Å². The minimum Gasteiger partial charge on any atom is -0.354 e. The number of aromatic nitrogens is 1. The number of halogens is 1. The number of nitrogens with zero attached hydrogens (tertiary/aromatic N) is 1. The summed E-state index contributed by atoms with van der Waals surface area (Å²) in [6.45, 7) is 10.7. The van der Waals surface area contributed by atoms with Crippen molar-refractivity contribution >= 4 is 24.1 Å². The third kappa shape index (κ3) is 4.32. The van der Waals surface area contributed by atoms with Crippen molar-refractivity contribution in [2.24, 2.45) is 0 Å². The maximum Gasteiger partial charge on any atom is 0.268 e. The first-order chi connectivity index (χ1) is 10.0.